The Hall–Kier alpha value is -2.36. The number of rotatable bonds is 3. The van der Waals surface area contributed by atoms with Crippen molar-refractivity contribution in [1.82, 2.24) is 9.97 Å². The van der Waals surface area contributed by atoms with Gasteiger partial charge in [0, 0.05) is 31.0 Å². The summed E-state index contributed by atoms with van der Waals surface area (Å²) >= 11 is 0. The first-order valence-electron chi connectivity index (χ1n) is 8.54. The fourth-order valence-corrected chi connectivity index (χ4v) is 3.37. The van der Waals surface area contributed by atoms with Gasteiger partial charge in [-0.15, -0.1) is 0 Å². The predicted octanol–water partition coefficient (Wildman–Crippen LogP) is 4.46. The fraction of sp³-hybridized carbons (Fsp3) is 0.444. The third kappa shape index (κ3) is 4.37. The van der Waals surface area contributed by atoms with Gasteiger partial charge < -0.3 is 10.0 Å². The van der Waals surface area contributed by atoms with Gasteiger partial charge in [0.1, 0.15) is 5.69 Å². The summed E-state index contributed by atoms with van der Waals surface area (Å²) in [5.74, 6) is -0.413. The predicted molar refractivity (Wildman–Crippen MR) is 88.4 cm³/mol. The second-order valence-corrected chi connectivity index (χ2v) is 6.63. The smallest absolute Gasteiger partial charge is 0.388 e. The largest absolute Gasteiger partial charge is 0.433 e. The van der Waals surface area contributed by atoms with Crippen molar-refractivity contribution in [2.45, 2.75) is 31.3 Å². The Bertz CT molecular complexity index is 798. The zero-order valence-corrected chi connectivity index (χ0v) is 14.5. The van der Waals surface area contributed by atoms with Gasteiger partial charge >= 0.3 is 12.4 Å². The van der Waals surface area contributed by atoms with E-state index >= 15 is 0 Å². The third-order valence-electron chi connectivity index (χ3n) is 4.87. The highest BCUT2D eigenvalue weighted by Crippen LogP contribution is 2.39. The van der Waals surface area contributed by atoms with E-state index in [-0.39, 0.29) is 5.56 Å². The Morgan fingerprint density at radius 2 is 1.64 bits per heavy atom. The van der Waals surface area contributed by atoms with Crippen LogP contribution in [-0.2, 0) is 12.4 Å². The quantitative estimate of drug-likeness (QED) is 0.766. The number of alkyl halides is 6. The van der Waals surface area contributed by atoms with Crippen molar-refractivity contribution in [2.75, 3.05) is 18.0 Å². The lowest BCUT2D eigenvalue weighted by molar-refractivity contribution is -0.141. The van der Waals surface area contributed by atoms with Crippen LogP contribution < -0.4 is 4.90 Å². The first-order chi connectivity index (χ1) is 13.1. The zero-order valence-electron chi connectivity index (χ0n) is 14.5. The SMILES string of the molecule is OC(c1cnccc1C(F)(F)F)C1CCN(c2ccc(C(F)(F)F)nc2)CC1. The molecule has 1 fully saturated rings. The molecule has 1 aliphatic rings. The van der Waals surface area contributed by atoms with Gasteiger partial charge in [-0.2, -0.15) is 26.3 Å². The maximum atomic E-state index is 13.1. The highest BCUT2D eigenvalue weighted by Gasteiger charge is 2.37. The molecule has 0 radical (unpaired) electrons. The van der Waals surface area contributed by atoms with E-state index in [0.29, 0.717) is 31.6 Å². The molecule has 10 heteroatoms. The first-order valence-corrected chi connectivity index (χ1v) is 8.54. The Labute approximate surface area is 156 Å². The molecule has 3 heterocycles. The summed E-state index contributed by atoms with van der Waals surface area (Å²) in [6.07, 6.45) is -6.48. The molecule has 1 atom stereocenters. The molecule has 2 aromatic rings. The minimum absolute atomic E-state index is 0.260. The van der Waals surface area contributed by atoms with E-state index in [2.05, 4.69) is 9.97 Å². The van der Waals surface area contributed by atoms with Crippen LogP contribution in [0.2, 0.25) is 0 Å². The Kier molecular flexibility index (Phi) is 5.51. The minimum Gasteiger partial charge on any atom is -0.388 e. The van der Waals surface area contributed by atoms with Crippen molar-refractivity contribution < 1.29 is 31.4 Å². The molecular weight excluding hydrogens is 388 g/mol. The Morgan fingerprint density at radius 3 is 2.18 bits per heavy atom. The van der Waals surface area contributed by atoms with Gasteiger partial charge in [0.15, 0.2) is 0 Å². The van der Waals surface area contributed by atoms with E-state index < -0.39 is 35.6 Å². The van der Waals surface area contributed by atoms with Gasteiger partial charge in [0.2, 0.25) is 0 Å². The normalized spacial score (nSPS) is 17.6. The molecule has 28 heavy (non-hydrogen) atoms. The van der Waals surface area contributed by atoms with Crippen LogP contribution in [0.3, 0.4) is 0 Å². The summed E-state index contributed by atoms with van der Waals surface area (Å²) < 4.78 is 77.2. The van der Waals surface area contributed by atoms with Crippen LogP contribution in [0.15, 0.2) is 36.8 Å². The van der Waals surface area contributed by atoms with E-state index in [0.717, 1.165) is 30.7 Å². The molecule has 0 aromatic carbocycles. The molecule has 0 spiro atoms. The average molecular weight is 405 g/mol. The van der Waals surface area contributed by atoms with Crippen LogP contribution >= 0.6 is 0 Å². The van der Waals surface area contributed by atoms with Crippen LogP contribution in [-0.4, -0.2) is 28.2 Å². The lowest BCUT2D eigenvalue weighted by Crippen LogP contribution is -2.36. The van der Waals surface area contributed by atoms with Crippen LogP contribution in [0.5, 0.6) is 0 Å². The topological polar surface area (TPSA) is 49.3 Å². The van der Waals surface area contributed by atoms with Crippen LogP contribution in [0.25, 0.3) is 0 Å². The molecule has 4 nitrogen and oxygen atoms in total. The molecule has 1 saturated heterocycles. The highest BCUT2D eigenvalue weighted by molar-refractivity contribution is 5.45. The molecule has 0 aliphatic carbocycles. The minimum atomic E-state index is -4.59. The molecule has 2 aromatic heterocycles. The summed E-state index contributed by atoms with van der Waals surface area (Å²) in [4.78, 5) is 8.91. The number of anilines is 1. The van der Waals surface area contributed by atoms with E-state index in [1.165, 1.54) is 6.07 Å². The number of piperidine rings is 1. The summed E-state index contributed by atoms with van der Waals surface area (Å²) in [5.41, 5.74) is -1.66. The van der Waals surface area contributed by atoms with Crippen molar-refractivity contribution in [2.24, 2.45) is 5.92 Å². The monoisotopic (exact) mass is 405 g/mol. The second-order valence-electron chi connectivity index (χ2n) is 6.63. The maximum Gasteiger partial charge on any atom is 0.433 e. The van der Waals surface area contributed by atoms with Gasteiger partial charge in [-0.05, 0) is 37.0 Å². The Morgan fingerprint density at radius 1 is 0.964 bits per heavy atom. The third-order valence-corrected chi connectivity index (χ3v) is 4.87. The van der Waals surface area contributed by atoms with E-state index in [4.69, 9.17) is 0 Å². The molecule has 1 aliphatic heterocycles. The maximum absolute atomic E-state index is 13.1. The van der Waals surface area contributed by atoms with Crippen LogP contribution in [0.1, 0.15) is 35.8 Å². The number of nitrogens with zero attached hydrogens (tertiary/aromatic N) is 3. The summed E-state index contributed by atoms with van der Waals surface area (Å²) in [7, 11) is 0. The molecule has 3 rings (SSSR count). The van der Waals surface area contributed by atoms with Gasteiger partial charge in [-0.3, -0.25) is 4.98 Å². The number of hydrogen-bond acceptors (Lipinski definition) is 4. The van der Waals surface area contributed by atoms with Crippen LogP contribution in [0, 0.1) is 5.92 Å². The number of aliphatic hydroxyl groups is 1. The molecule has 0 bridgehead atoms. The molecular formula is C18H17F6N3O. The van der Waals surface area contributed by atoms with E-state index in [1.807, 2.05) is 0 Å². The van der Waals surface area contributed by atoms with Crippen LogP contribution in [0.4, 0.5) is 32.0 Å². The summed E-state index contributed by atoms with van der Waals surface area (Å²) in [6.45, 7) is 0.771. The number of aliphatic hydroxyl groups excluding tert-OH is 1. The second kappa shape index (κ2) is 7.57. The Balaban J connectivity index is 1.67. The fourth-order valence-electron chi connectivity index (χ4n) is 3.37. The van der Waals surface area contributed by atoms with Crippen molar-refractivity contribution in [3.05, 3.63) is 53.6 Å². The first kappa shape index (κ1) is 20.4. The number of pyridine rings is 2. The van der Waals surface area contributed by atoms with Crippen molar-refractivity contribution in [1.29, 1.82) is 0 Å². The molecule has 1 N–H and O–H groups in total. The number of halogens is 6. The lowest BCUT2D eigenvalue weighted by atomic mass is 9.86. The van der Waals surface area contributed by atoms with Crippen molar-refractivity contribution >= 4 is 5.69 Å². The lowest BCUT2D eigenvalue weighted by Gasteiger charge is -2.36. The zero-order chi connectivity index (χ0) is 20.5. The van der Waals surface area contributed by atoms with Gasteiger partial charge in [-0.25, -0.2) is 4.98 Å². The van der Waals surface area contributed by atoms with E-state index in [1.54, 1.807) is 4.90 Å². The molecule has 0 saturated carbocycles. The van der Waals surface area contributed by atoms with Gasteiger partial charge in [0.25, 0.3) is 0 Å². The van der Waals surface area contributed by atoms with Crippen molar-refractivity contribution in [3.63, 3.8) is 0 Å². The average Bonchev–Trinajstić information content (AvgIpc) is 2.66. The number of aromatic nitrogens is 2. The van der Waals surface area contributed by atoms with Crippen molar-refractivity contribution in [3.8, 4) is 0 Å². The van der Waals surface area contributed by atoms with Gasteiger partial charge in [0.05, 0.1) is 23.6 Å². The summed E-state index contributed by atoms with van der Waals surface area (Å²) in [5, 5.41) is 10.5. The standard InChI is InChI=1S/C18H17F6N3O/c19-17(20,21)14-3-6-25-10-13(14)16(28)11-4-7-27(8-5-11)12-1-2-15(26-9-12)18(22,23)24/h1-3,6,9-11,16,28H,4-5,7-8H2. The molecule has 152 valence electrons. The number of hydrogen-bond donors (Lipinski definition) is 1. The molecule has 0 amide bonds. The van der Waals surface area contributed by atoms with E-state index in [9.17, 15) is 31.4 Å². The summed E-state index contributed by atoms with van der Waals surface area (Å²) in [6, 6.07) is 3.04. The highest BCUT2D eigenvalue weighted by atomic mass is 19.4. The molecule has 1 unspecified atom stereocenters. The van der Waals surface area contributed by atoms with Gasteiger partial charge in [-0.1, -0.05) is 0 Å².